The van der Waals surface area contributed by atoms with E-state index in [9.17, 15) is 9.18 Å². The molecule has 1 amide bonds. The highest BCUT2D eigenvalue weighted by Gasteiger charge is 2.14. The zero-order valence-corrected chi connectivity index (χ0v) is 11.3. The summed E-state index contributed by atoms with van der Waals surface area (Å²) in [5, 5.41) is 14.7. The van der Waals surface area contributed by atoms with Gasteiger partial charge in [-0.15, -0.1) is 0 Å². The van der Waals surface area contributed by atoms with Crippen LogP contribution in [-0.2, 0) is 0 Å². The molecule has 0 aliphatic rings. The third-order valence-corrected chi connectivity index (χ3v) is 2.55. The standard InChI is InChI=1S/C15H13FN2O3/c1-10-8-14(21-18-10)17-15(20)12-9-11(4-2-3-7-19)5-6-13(12)16/h5-6,8-9,19H,3,7H2,1H3,(H,17,20). The Balaban J connectivity index is 2.20. The summed E-state index contributed by atoms with van der Waals surface area (Å²) in [7, 11) is 0. The highest BCUT2D eigenvalue weighted by atomic mass is 19.1. The van der Waals surface area contributed by atoms with E-state index in [0.717, 1.165) is 0 Å². The van der Waals surface area contributed by atoms with Crippen molar-refractivity contribution in [3.63, 3.8) is 0 Å². The number of nitrogens with one attached hydrogen (secondary N) is 1. The van der Waals surface area contributed by atoms with E-state index in [4.69, 9.17) is 9.63 Å². The fraction of sp³-hybridized carbons (Fsp3) is 0.200. The zero-order chi connectivity index (χ0) is 15.2. The van der Waals surface area contributed by atoms with Crippen LogP contribution >= 0.6 is 0 Å². The molecule has 5 nitrogen and oxygen atoms in total. The van der Waals surface area contributed by atoms with Crippen LogP contribution in [0.15, 0.2) is 28.8 Å². The fourth-order valence-electron chi connectivity index (χ4n) is 1.60. The smallest absolute Gasteiger partial charge is 0.261 e. The van der Waals surface area contributed by atoms with Gasteiger partial charge < -0.3 is 9.63 Å². The summed E-state index contributed by atoms with van der Waals surface area (Å²) in [6.07, 6.45) is 0.316. The van der Waals surface area contributed by atoms with Crippen molar-refractivity contribution in [2.24, 2.45) is 0 Å². The molecule has 0 bridgehead atoms. The molecule has 2 rings (SSSR count). The van der Waals surface area contributed by atoms with Crippen LogP contribution < -0.4 is 5.32 Å². The van der Waals surface area contributed by atoms with Crippen molar-refractivity contribution in [2.45, 2.75) is 13.3 Å². The molecule has 0 saturated heterocycles. The van der Waals surface area contributed by atoms with Gasteiger partial charge in [0.1, 0.15) is 5.82 Å². The van der Waals surface area contributed by atoms with Gasteiger partial charge in [0.2, 0.25) is 5.88 Å². The minimum absolute atomic E-state index is 0.0492. The van der Waals surface area contributed by atoms with Crippen molar-refractivity contribution in [3.8, 4) is 11.8 Å². The molecule has 0 fully saturated rings. The Kier molecular flexibility index (Phi) is 4.69. The number of nitrogens with zero attached hydrogens (tertiary/aromatic N) is 1. The molecular formula is C15H13FN2O3. The van der Waals surface area contributed by atoms with Crippen LogP contribution in [0.2, 0.25) is 0 Å². The molecule has 6 heteroatoms. The van der Waals surface area contributed by atoms with Crippen molar-refractivity contribution in [1.29, 1.82) is 0 Å². The Bertz CT molecular complexity index is 713. The predicted molar refractivity (Wildman–Crippen MR) is 74.2 cm³/mol. The number of rotatable bonds is 3. The van der Waals surface area contributed by atoms with E-state index in [1.165, 1.54) is 24.3 Å². The average molecular weight is 288 g/mol. The highest BCUT2D eigenvalue weighted by Crippen LogP contribution is 2.14. The molecule has 0 atom stereocenters. The minimum atomic E-state index is -0.656. The summed E-state index contributed by atoms with van der Waals surface area (Å²) in [6.45, 7) is 1.66. The number of carbonyl (C=O) groups excluding carboxylic acids is 1. The minimum Gasteiger partial charge on any atom is -0.395 e. The Morgan fingerprint density at radius 1 is 1.48 bits per heavy atom. The summed E-state index contributed by atoms with van der Waals surface area (Å²) in [5.74, 6) is 4.30. The largest absolute Gasteiger partial charge is 0.395 e. The number of hydrogen-bond donors (Lipinski definition) is 2. The van der Waals surface area contributed by atoms with Crippen molar-refractivity contribution in [1.82, 2.24) is 5.16 Å². The molecule has 0 unspecified atom stereocenters. The summed E-state index contributed by atoms with van der Waals surface area (Å²) < 4.78 is 18.6. The van der Waals surface area contributed by atoms with Gasteiger partial charge in [-0.3, -0.25) is 10.1 Å². The lowest BCUT2D eigenvalue weighted by molar-refractivity contribution is 0.102. The highest BCUT2D eigenvalue weighted by molar-refractivity contribution is 6.03. The van der Waals surface area contributed by atoms with Gasteiger partial charge in [0.15, 0.2) is 0 Å². The first kappa shape index (κ1) is 14.8. The van der Waals surface area contributed by atoms with Gasteiger partial charge in [-0.25, -0.2) is 4.39 Å². The number of hydrogen-bond acceptors (Lipinski definition) is 4. The molecule has 0 aliphatic heterocycles. The van der Waals surface area contributed by atoms with Gasteiger partial charge in [-0.05, 0) is 25.1 Å². The average Bonchev–Trinajstić information content (AvgIpc) is 2.86. The maximum Gasteiger partial charge on any atom is 0.261 e. The molecular weight excluding hydrogens is 275 g/mol. The van der Waals surface area contributed by atoms with E-state index in [1.807, 2.05) is 0 Å². The summed E-state index contributed by atoms with van der Waals surface area (Å²) >= 11 is 0. The fourth-order valence-corrected chi connectivity index (χ4v) is 1.60. The van der Waals surface area contributed by atoms with E-state index < -0.39 is 11.7 Å². The van der Waals surface area contributed by atoms with Gasteiger partial charge in [0.05, 0.1) is 17.9 Å². The maximum absolute atomic E-state index is 13.7. The quantitative estimate of drug-likeness (QED) is 0.848. The number of aromatic nitrogens is 1. The molecule has 2 aromatic rings. The van der Waals surface area contributed by atoms with E-state index in [-0.39, 0.29) is 18.1 Å². The number of anilines is 1. The van der Waals surface area contributed by atoms with Crippen molar-refractivity contribution in [2.75, 3.05) is 11.9 Å². The second kappa shape index (κ2) is 6.68. The number of aliphatic hydroxyl groups excluding tert-OH is 1. The molecule has 1 aromatic carbocycles. The van der Waals surface area contributed by atoms with Crippen LogP contribution in [0.25, 0.3) is 0 Å². The predicted octanol–water partition coefficient (Wildman–Crippen LogP) is 2.11. The topological polar surface area (TPSA) is 75.4 Å². The first-order valence-corrected chi connectivity index (χ1v) is 6.24. The van der Waals surface area contributed by atoms with Gasteiger partial charge in [-0.2, -0.15) is 0 Å². The molecule has 1 heterocycles. The molecule has 0 radical (unpaired) electrons. The van der Waals surface area contributed by atoms with Crippen LogP contribution in [0.1, 0.15) is 28.0 Å². The third kappa shape index (κ3) is 3.91. The van der Waals surface area contributed by atoms with Crippen LogP contribution in [0.5, 0.6) is 0 Å². The lowest BCUT2D eigenvalue weighted by Gasteiger charge is -2.03. The lowest BCUT2D eigenvalue weighted by atomic mass is 10.1. The Morgan fingerprint density at radius 3 is 2.95 bits per heavy atom. The van der Waals surface area contributed by atoms with E-state index >= 15 is 0 Å². The van der Waals surface area contributed by atoms with Gasteiger partial charge in [0, 0.05) is 18.1 Å². The molecule has 108 valence electrons. The molecule has 0 spiro atoms. The third-order valence-electron chi connectivity index (χ3n) is 2.55. The second-order valence-electron chi connectivity index (χ2n) is 4.26. The first-order valence-electron chi connectivity index (χ1n) is 6.24. The SMILES string of the molecule is Cc1cc(NC(=O)c2cc(C#CCCO)ccc2F)on1. The van der Waals surface area contributed by atoms with Gasteiger partial charge in [0.25, 0.3) is 5.91 Å². The second-order valence-corrected chi connectivity index (χ2v) is 4.26. The van der Waals surface area contributed by atoms with Crippen molar-refractivity contribution < 1.29 is 18.8 Å². The number of aryl methyl sites for hydroxylation is 1. The number of amides is 1. The van der Waals surface area contributed by atoms with Gasteiger partial charge in [-0.1, -0.05) is 17.0 Å². The van der Waals surface area contributed by atoms with Crippen molar-refractivity contribution >= 4 is 11.8 Å². The normalized spacial score (nSPS) is 9.86. The zero-order valence-electron chi connectivity index (χ0n) is 11.3. The Hall–Kier alpha value is -2.65. The molecule has 0 aliphatic carbocycles. The molecule has 2 N–H and O–H groups in total. The van der Waals surface area contributed by atoms with Crippen LogP contribution in [0.4, 0.5) is 10.3 Å². The Morgan fingerprint density at radius 2 is 2.29 bits per heavy atom. The van der Waals surface area contributed by atoms with Crippen LogP contribution in [0, 0.1) is 24.6 Å². The lowest BCUT2D eigenvalue weighted by Crippen LogP contribution is -2.13. The summed E-state index contributed by atoms with van der Waals surface area (Å²) in [6, 6.07) is 5.51. The van der Waals surface area contributed by atoms with Crippen molar-refractivity contribution in [3.05, 3.63) is 46.9 Å². The maximum atomic E-state index is 13.7. The van der Waals surface area contributed by atoms with E-state index in [2.05, 4.69) is 22.3 Å². The monoisotopic (exact) mass is 288 g/mol. The van der Waals surface area contributed by atoms with E-state index in [1.54, 1.807) is 6.92 Å². The molecule has 1 aromatic heterocycles. The first-order chi connectivity index (χ1) is 10.1. The summed E-state index contributed by atoms with van der Waals surface area (Å²) in [4.78, 5) is 12.0. The number of carbonyl (C=O) groups is 1. The molecule has 0 saturated carbocycles. The van der Waals surface area contributed by atoms with Crippen LogP contribution in [-0.4, -0.2) is 22.8 Å². The van der Waals surface area contributed by atoms with Crippen LogP contribution in [0.3, 0.4) is 0 Å². The van der Waals surface area contributed by atoms with E-state index in [0.29, 0.717) is 17.7 Å². The molecule has 21 heavy (non-hydrogen) atoms. The van der Waals surface area contributed by atoms with Gasteiger partial charge >= 0.3 is 0 Å². The Labute approximate surface area is 120 Å². The number of halogens is 1. The number of aliphatic hydroxyl groups is 1. The summed E-state index contributed by atoms with van der Waals surface area (Å²) in [5.41, 5.74) is 0.956. The number of benzene rings is 1.